The van der Waals surface area contributed by atoms with Crippen molar-refractivity contribution in [1.82, 2.24) is 15.1 Å². The Labute approximate surface area is 97.7 Å². The van der Waals surface area contributed by atoms with Crippen LogP contribution in [0.1, 0.15) is 37.1 Å². The van der Waals surface area contributed by atoms with Crippen LogP contribution in [0.5, 0.6) is 0 Å². The van der Waals surface area contributed by atoms with E-state index in [0.29, 0.717) is 6.61 Å². The Bertz CT molecular complexity index is 296. The van der Waals surface area contributed by atoms with Gasteiger partial charge in [0.15, 0.2) is 0 Å². The molecule has 4 nitrogen and oxygen atoms in total. The molecule has 0 fully saturated rings. The van der Waals surface area contributed by atoms with Crippen molar-refractivity contribution in [3.05, 3.63) is 17.5 Å². The molecule has 0 aliphatic carbocycles. The number of hydrogen-bond donors (Lipinski definition) is 2. The van der Waals surface area contributed by atoms with E-state index in [4.69, 9.17) is 5.11 Å². The second-order valence-electron chi connectivity index (χ2n) is 4.22. The SMILES string of the molecule is Cc1cc(CNCCCCCCO)n(C)n1. The summed E-state index contributed by atoms with van der Waals surface area (Å²) in [5.74, 6) is 0. The maximum Gasteiger partial charge on any atom is 0.0597 e. The molecule has 0 saturated heterocycles. The summed E-state index contributed by atoms with van der Waals surface area (Å²) in [6, 6.07) is 2.11. The van der Waals surface area contributed by atoms with E-state index in [0.717, 1.165) is 31.6 Å². The van der Waals surface area contributed by atoms with Gasteiger partial charge < -0.3 is 10.4 Å². The quantitative estimate of drug-likeness (QED) is 0.657. The molecule has 1 aromatic rings. The maximum atomic E-state index is 8.63. The minimum atomic E-state index is 0.321. The van der Waals surface area contributed by atoms with Gasteiger partial charge in [-0.2, -0.15) is 5.10 Å². The van der Waals surface area contributed by atoms with Crippen LogP contribution in [-0.4, -0.2) is 28.0 Å². The molecule has 0 atom stereocenters. The van der Waals surface area contributed by atoms with E-state index in [1.807, 2.05) is 18.7 Å². The summed E-state index contributed by atoms with van der Waals surface area (Å²) in [4.78, 5) is 0. The second kappa shape index (κ2) is 7.41. The highest BCUT2D eigenvalue weighted by Gasteiger charge is 2.00. The van der Waals surface area contributed by atoms with Gasteiger partial charge in [-0.15, -0.1) is 0 Å². The third-order valence-corrected chi connectivity index (χ3v) is 2.67. The molecule has 0 aliphatic heterocycles. The minimum Gasteiger partial charge on any atom is -0.396 e. The fourth-order valence-electron chi connectivity index (χ4n) is 1.76. The highest BCUT2D eigenvalue weighted by atomic mass is 16.2. The Kier molecular flexibility index (Phi) is 6.11. The number of aromatic nitrogens is 2. The van der Waals surface area contributed by atoms with Gasteiger partial charge in [0.1, 0.15) is 0 Å². The number of nitrogens with zero attached hydrogens (tertiary/aromatic N) is 2. The first-order valence-corrected chi connectivity index (χ1v) is 6.05. The lowest BCUT2D eigenvalue weighted by Crippen LogP contribution is -2.16. The number of aliphatic hydroxyl groups is 1. The number of aliphatic hydroxyl groups excluding tert-OH is 1. The molecule has 1 heterocycles. The Morgan fingerprint density at radius 2 is 2.06 bits per heavy atom. The fraction of sp³-hybridized carbons (Fsp3) is 0.750. The topological polar surface area (TPSA) is 50.1 Å². The number of hydrogen-bond acceptors (Lipinski definition) is 3. The number of aryl methyl sites for hydroxylation is 2. The Balaban J connectivity index is 2.05. The Morgan fingerprint density at radius 1 is 1.31 bits per heavy atom. The van der Waals surface area contributed by atoms with E-state index in [1.54, 1.807) is 0 Å². The molecule has 0 aromatic carbocycles. The third-order valence-electron chi connectivity index (χ3n) is 2.67. The third kappa shape index (κ3) is 4.77. The van der Waals surface area contributed by atoms with Gasteiger partial charge in [0.05, 0.1) is 11.4 Å². The molecule has 4 heteroatoms. The van der Waals surface area contributed by atoms with Crippen LogP contribution in [0.2, 0.25) is 0 Å². The van der Waals surface area contributed by atoms with Gasteiger partial charge in [0.25, 0.3) is 0 Å². The van der Waals surface area contributed by atoms with E-state index >= 15 is 0 Å². The summed E-state index contributed by atoms with van der Waals surface area (Å²) in [5.41, 5.74) is 2.30. The largest absolute Gasteiger partial charge is 0.396 e. The summed E-state index contributed by atoms with van der Waals surface area (Å²) in [6.45, 7) is 4.26. The molecule has 1 aromatic heterocycles. The first kappa shape index (κ1) is 13.2. The molecule has 0 bridgehead atoms. The van der Waals surface area contributed by atoms with Crippen molar-refractivity contribution in [2.24, 2.45) is 7.05 Å². The monoisotopic (exact) mass is 225 g/mol. The highest BCUT2D eigenvalue weighted by Crippen LogP contribution is 2.02. The van der Waals surface area contributed by atoms with Crippen LogP contribution in [0, 0.1) is 6.92 Å². The summed E-state index contributed by atoms with van der Waals surface area (Å²) in [7, 11) is 1.98. The Morgan fingerprint density at radius 3 is 2.69 bits per heavy atom. The van der Waals surface area contributed by atoms with Crippen LogP contribution < -0.4 is 5.32 Å². The summed E-state index contributed by atoms with van der Waals surface area (Å²) >= 11 is 0. The zero-order valence-corrected chi connectivity index (χ0v) is 10.4. The lowest BCUT2D eigenvalue weighted by molar-refractivity contribution is 0.282. The average Bonchev–Trinajstić information content (AvgIpc) is 2.56. The van der Waals surface area contributed by atoms with Gasteiger partial charge in [0, 0.05) is 20.2 Å². The molecule has 16 heavy (non-hydrogen) atoms. The van der Waals surface area contributed by atoms with E-state index in [9.17, 15) is 0 Å². The van der Waals surface area contributed by atoms with Crippen molar-refractivity contribution in [3.8, 4) is 0 Å². The molecule has 0 unspecified atom stereocenters. The van der Waals surface area contributed by atoms with Crippen molar-refractivity contribution >= 4 is 0 Å². The first-order valence-electron chi connectivity index (χ1n) is 6.05. The molecule has 2 N–H and O–H groups in total. The van der Waals surface area contributed by atoms with Crippen LogP contribution >= 0.6 is 0 Å². The van der Waals surface area contributed by atoms with Crippen molar-refractivity contribution in [2.45, 2.75) is 39.2 Å². The maximum absolute atomic E-state index is 8.63. The number of unbranched alkanes of at least 4 members (excludes halogenated alkanes) is 3. The van der Waals surface area contributed by atoms with Crippen LogP contribution in [-0.2, 0) is 13.6 Å². The zero-order chi connectivity index (χ0) is 11.8. The highest BCUT2D eigenvalue weighted by molar-refractivity contribution is 5.08. The van der Waals surface area contributed by atoms with E-state index in [1.165, 1.54) is 18.5 Å². The van der Waals surface area contributed by atoms with Crippen molar-refractivity contribution in [3.63, 3.8) is 0 Å². The van der Waals surface area contributed by atoms with Gasteiger partial charge in [-0.05, 0) is 32.4 Å². The molecule has 0 spiro atoms. The van der Waals surface area contributed by atoms with Gasteiger partial charge >= 0.3 is 0 Å². The summed E-state index contributed by atoms with van der Waals surface area (Å²) in [6.07, 6.45) is 4.43. The van der Waals surface area contributed by atoms with Crippen molar-refractivity contribution < 1.29 is 5.11 Å². The van der Waals surface area contributed by atoms with E-state index in [2.05, 4.69) is 16.5 Å². The normalized spacial score (nSPS) is 10.9. The second-order valence-corrected chi connectivity index (χ2v) is 4.22. The van der Waals surface area contributed by atoms with Crippen molar-refractivity contribution in [2.75, 3.05) is 13.2 Å². The van der Waals surface area contributed by atoms with Gasteiger partial charge in [-0.3, -0.25) is 4.68 Å². The fourth-order valence-corrected chi connectivity index (χ4v) is 1.76. The van der Waals surface area contributed by atoms with Crippen molar-refractivity contribution in [1.29, 1.82) is 0 Å². The van der Waals surface area contributed by atoms with Crippen LogP contribution in [0.4, 0.5) is 0 Å². The van der Waals surface area contributed by atoms with Crippen LogP contribution in [0.25, 0.3) is 0 Å². The number of nitrogens with one attached hydrogen (secondary N) is 1. The first-order chi connectivity index (χ1) is 7.74. The molecule has 92 valence electrons. The lowest BCUT2D eigenvalue weighted by Gasteiger charge is -2.04. The number of rotatable bonds is 8. The molecule has 1 rings (SSSR count). The van der Waals surface area contributed by atoms with Gasteiger partial charge in [-0.1, -0.05) is 12.8 Å². The molecule has 0 saturated carbocycles. The predicted molar refractivity (Wildman–Crippen MR) is 65.2 cm³/mol. The summed E-state index contributed by atoms with van der Waals surface area (Å²) < 4.78 is 1.92. The van der Waals surface area contributed by atoms with E-state index in [-0.39, 0.29) is 0 Å². The molecule has 0 aliphatic rings. The summed E-state index contributed by atoms with van der Waals surface area (Å²) in [5, 5.41) is 16.3. The molecular formula is C12H23N3O. The van der Waals surface area contributed by atoms with Gasteiger partial charge in [0.2, 0.25) is 0 Å². The predicted octanol–water partition coefficient (Wildman–Crippen LogP) is 1.37. The lowest BCUT2D eigenvalue weighted by atomic mass is 10.2. The average molecular weight is 225 g/mol. The smallest absolute Gasteiger partial charge is 0.0597 e. The minimum absolute atomic E-state index is 0.321. The van der Waals surface area contributed by atoms with Crippen LogP contribution in [0.3, 0.4) is 0 Å². The standard InChI is InChI=1S/C12H23N3O/c1-11-9-12(15(2)14-11)10-13-7-5-3-4-6-8-16/h9,13,16H,3-8,10H2,1-2H3. The van der Waals surface area contributed by atoms with E-state index < -0.39 is 0 Å². The Hall–Kier alpha value is -0.870. The molecule has 0 radical (unpaired) electrons. The molecular weight excluding hydrogens is 202 g/mol. The zero-order valence-electron chi connectivity index (χ0n) is 10.4. The van der Waals surface area contributed by atoms with Gasteiger partial charge in [-0.25, -0.2) is 0 Å². The molecule has 0 amide bonds. The van der Waals surface area contributed by atoms with Crippen LogP contribution in [0.15, 0.2) is 6.07 Å².